The monoisotopic (exact) mass is 586 g/mol. The van der Waals surface area contributed by atoms with Crippen LogP contribution in [0.2, 0.25) is 0 Å². The lowest BCUT2D eigenvalue weighted by Gasteiger charge is -2.15. The zero-order valence-corrected chi connectivity index (χ0v) is 25.1. The van der Waals surface area contributed by atoms with Crippen molar-refractivity contribution >= 4 is 11.2 Å². The number of ether oxygens (including phenoxy) is 2. The molecular weight excluding hydrogens is 552 g/mol. The number of aromatic nitrogens is 4. The Labute approximate surface area is 255 Å². The van der Waals surface area contributed by atoms with Crippen molar-refractivity contribution < 1.29 is 9.47 Å². The highest BCUT2D eigenvalue weighted by Crippen LogP contribution is 2.31. The summed E-state index contributed by atoms with van der Waals surface area (Å²) in [5.74, 6) is 1.23. The Morgan fingerprint density at radius 2 is 1.27 bits per heavy atom. The van der Waals surface area contributed by atoms with E-state index < -0.39 is 5.69 Å². The van der Waals surface area contributed by atoms with E-state index in [4.69, 9.17) is 9.47 Å². The third kappa shape index (κ3) is 6.06. The van der Waals surface area contributed by atoms with Gasteiger partial charge in [-0.15, -0.1) is 0 Å². The molecule has 0 bridgehead atoms. The van der Waals surface area contributed by atoms with Crippen molar-refractivity contribution in [3.8, 4) is 11.5 Å². The lowest BCUT2D eigenvalue weighted by Crippen LogP contribution is -2.40. The van der Waals surface area contributed by atoms with Crippen LogP contribution in [0.1, 0.15) is 33.4 Å². The molecule has 0 saturated carbocycles. The Bertz CT molecular complexity index is 2040. The highest BCUT2D eigenvalue weighted by atomic mass is 16.5. The van der Waals surface area contributed by atoms with E-state index in [1.807, 2.05) is 111 Å². The Morgan fingerprint density at radius 1 is 0.659 bits per heavy atom. The molecule has 0 aliphatic rings. The molecule has 0 fully saturated rings. The summed E-state index contributed by atoms with van der Waals surface area (Å²) in [6.45, 7) is 5.38. The van der Waals surface area contributed by atoms with Crippen molar-refractivity contribution in [1.82, 2.24) is 18.7 Å². The second kappa shape index (κ2) is 12.5. The lowest BCUT2D eigenvalue weighted by molar-refractivity contribution is 0.255. The zero-order chi connectivity index (χ0) is 30.6. The minimum Gasteiger partial charge on any atom is -0.485 e. The second-order valence-corrected chi connectivity index (χ2v) is 11.0. The number of nitrogens with zero attached hydrogens (tertiary/aromatic N) is 4. The molecule has 44 heavy (non-hydrogen) atoms. The third-order valence-electron chi connectivity index (χ3n) is 7.85. The third-order valence-corrected chi connectivity index (χ3v) is 7.85. The predicted octanol–water partition coefficient (Wildman–Crippen LogP) is 5.77. The summed E-state index contributed by atoms with van der Waals surface area (Å²) in [6.07, 6.45) is 1.61. The first-order valence-corrected chi connectivity index (χ1v) is 14.5. The van der Waals surface area contributed by atoms with Gasteiger partial charge in [-0.1, -0.05) is 84.9 Å². The highest BCUT2D eigenvalue weighted by molar-refractivity contribution is 5.70. The van der Waals surface area contributed by atoms with Crippen molar-refractivity contribution in [2.24, 2.45) is 7.05 Å². The smallest absolute Gasteiger partial charge is 0.332 e. The summed E-state index contributed by atoms with van der Waals surface area (Å²) in [5, 5.41) is 0. The first kappa shape index (κ1) is 28.7. The fourth-order valence-corrected chi connectivity index (χ4v) is 5.22. The number of rotatable bonds is 10. The molecule has 8 heteroatoms. The number of benzene rings is 4. The molecule has 0 amide bonds. The van der Waals surface area contributed by atoms with Gasteiger partial charge in [0.05, 0.1) is 12.9 Å². The molecule has 0 saturated heterocycles. The van der Waals surface area contributed by atoms with E-state index in [1.54, 1.807) is 17.9 Å². The molecule has 222 valence electrons. The van der Waals surface area contributed by atoms with Crippen molar-refractivity contribution in [3.05, 3.63) is 158 Å². The van der Waals surface area contributed by atoms with Gasteiger partial charge in [0.15, 0.2) is 22.7 Å². The maximum absolute atomic E-state index is 13.8. The molecule has 0 aliphatic carbocycles. The molecular formula is C36H34N4O4. The maximum atomic E-state index is 13.8. The van der Waals surface area contributed by atoms with Crippen molar-refractivity contribution in [1.29, 1.82) is 0 Å². The number of imidazole rings is 1. The summed E-state index contributed by atoms with van der Waals surface area (Å²) >= 11 is 0. The number of hydrogen-bond donors (Lipinski definition) is 0. The minimum atomic E-state index is -0.400. The fraction of sp³-hybridized carbons (Fsp3) is 0.194. The van der Waals surface area contributed by atoms with E-state index in [1.165, 1.54) is 9.13 Å². The van der Waals surface area contributed by atoms with Gasteiger partial charge in [-0.25, -0.2) is 9.78 Å². The first-order chi connectivity index (χ1) is 21.4. The molecule has 0 radical (unpaired) electrons. The van der Waals surface area contributed by atoms with Crippen LogP contribution < -0.4 is 20.7 Å². The SMILES string of the molecule is Cc1ccc(Cn2c(=O)c3c(ncn3Cc3ccc(OCc4ccccc4)c(OCc4ccccc4)c3)n(C)c2=O)cc1C. The maximum Gasteiger partial charge on any atom is 0.332 e. The fourth-order valence-electron chi connectivity index (χ4n) is 5.22. The number of fused-ring (bicyclic) bond motifs is 1. The standard InChI is InChI=1S/C36H34N4O4/c1-25-14-15-29(18-26(25)2)21-40-35(41)33-34(38(3)36(40)42)37-24-39(33)20-30-16-17-31(43-22-27-10-6-4-7-11-27)32(19-30)44-23-28-12-8-5-9-13-28/h4-19,24H,20-23H2,1-3H3. The van der Waals surface area contributed by atoms with Crippen molar-refractivity contribution in [2.45, 2.75) is 40.2 Å². The summed E-state index contributed by atoms with van der Waals surface area (Å²) < 4.78 is 16.9. The molecule has 2 aromatic heterocycles. The molecule has 8 nitrogen and oxygen atoms in total. The molecule has 0 unspecified atom stereocenters. The van der Waals surface area contributed by atoms with Gasteiger partial charge in [-0.2, -0.15) is 0 Å². The molecule has 2 heterocycles. The van der Waals surface area contributed by atoms with Gasteiger partial charge < -0.3 is 14.0 Å². The summed E-state index contributed by atoms with van der Waals surface area (Å²) in [4.78, 5) is 31.4. The average molecular weight is 587 g/mol. The van der Waals surface area contributed by atoms with Gasteiger partial charge in [0.1, 0.15) is 13.2 Å². The number of aryl methyl sites for hydroxylation is 3. The van der Waals surface area contributed by atoms with Crippen LogP contribution in [-0.4, -0.2) is 18.7 Å². The predicted molar refractivity (Wildman–Crippen MR) is 171 cm³/mol. The quantitative estimate of drug-likeness (QED) is 0.204. The molecule has 6 rings (SSSR count). The van der Waals surface area contributed by atoms with Crippen molar-refractivity contribution in [3.63, 3.8) is 0 Å². The van der Waals surface area contributed by atoms with Gasteiger partial charge in [0, 0.05) is 13.6 Å². The average Bonchev–Trinajstić information content (AvgIpc) is 3.47. The van der Waals surface area contributed by atoms with Crippen LogP contribution in [0.5, 0.6) is 11.5 Å². The topological polar surface area (TPSA) is 80.3 Å². The van der Waals surface area contributed by atoms with E-state index in [2.05, 4.69) is 4.98 Å². The summed E-state index contributed by atoms with van der Waals surface area (Å²) in [6, 6.07) is 31.7. The highest BCUT2D eigenvalue weighted by Gasteiger charge is 2.18. The van der Waals surface area contributed by atoms with Crippen LogP contribution in [0.25, 0.3) is 11.2 Å². The van der Waals surface area contributed by atoms with E-state index in [9.17, 15) is 9.59 Å². The van der Waals surface area contributed by atoms with Gasteiger partial charge in [-0.05, 0) is 59.4 Å². The molecule has 0 N–H and O–H groups in total. The van der Waals surface area contributed by atoms with Crippen LogP contribution >= 0.6 is 0 Å². The molecule has 0 atom stereocenters. The minimum absolute atomic E-state index is 0.179. The Kier molecular flexibility index (Phi) is 8.14. The first-order valence-electron chi connectivity index (χ1n) is 14.5. The van der Waals surface area contributed by atoms with Gasteiger partial charge in [-0.3, -0.25) is 13.9 Å². The van der Waals surface area contributed by atoms with Crippen LogP contribution in [-0.2, 0) is 33.4 Å². The van der Waals surface area contributed by atoms with Crippen LogP contribution in [0.15, 0.2) is 113 Å². The van der Waals surface area contributed by atoms with Gasteiger partial charge >= 0.3 is 5.69 Å². The van der Waals surface area contributed by atoms with E-state index >= 15 is 0 Å². The molecule has 6 aromatic rings. The Hall–Kier alpha value is -5.37. The van der Waals surface area contributed by atoms with Crippen molar-refractivity contribution in [2.75, 3.05) is 0 Å². The summed E-state index contributed by atoms with van der Waals surface area (Å²) in [5.41, 5.74) is 6.09. The van der Waals surface area contributed by atoms with E-state index in [0.717, 1.165) is 33.4 Å². The zero-order valence-electron chi connectivity index (χ0n) is 25.1. The molecule has 4 aromatic carbocycles. The normalized spacial score (nSPS) is 11.2. The van der Waals surface area contributed by atoms with E-state index in [0.29, 0.717) is 42.4 Å². The van der Waals surface area contributed by atoms with Gasteiger partial charge in [0.2, 0.25) is 0 Å². The largest absolute Gasteiger partial charge is 0.485 e. The summed E-state index contributed by atoms with van der Waals surface area (Å²) in [7, 11) is 1.65. The van der Waals surface area contributed by atoms with Gasteiger partial charge in [0.25, 0.3) is 5.56 Å². The van der Waals surface area contributed by atoms with Crippen LogP contribution in [0.3, 0.4) is 0 Å². The Morgan fingerprint density at radius 3 is 1.93 bits per heavy atom. The molecule has 0 spiro atoms. The lowest BCUT2D eigenvalue weighted by atomic mass is 10.1. The molecule has 0 aliphatic heterocycles. The van der Waals surface area contributed by atoms with E-state index in [-0.39, 0.29) is 12.1 Å². The number of hydrogen-bond acceptors (Lipinski definition) is 5. The Balaban J connectivity index is 1.32. The van der Waals surface area contributed by atoms with Crippen LogP contribution in [0.4, 0.5) is 0 Å². The van der Waals surface area contributed by atoms with Crippen LogP contribution in [0, 0.1) is 13.8 Å². The second-order valence-electron chi connectivity index (χ2n) is 11.0.